The van der Waals surface area contributed by atoms with Crippen LogP contribution in [0.4, 0.5) is 17.1 Å². The van der Waals surface area contributed by atoms with E-state index in [-0.39, 0.29) is 0 Å². The van der Waals surface area contributed by atoms with E-state index < -0.39 is 5.97 Å². The third-order valence-electron chi connectivity index (χ3n) is 2.87. The first-order chi connectivity index (χ1) is 9.67. The molecule has 0 saturated carbocycles. The van der Waals surface area contributed by atoms with Crippen LogP contribution in [0.25, 0.3) is 0 Å². The number of nitrogens with two attached hydrogens (primary N) is 1. The molecule has 20 heavy (non-hydrogen) atoms. The summed E-state index contributed by atoms with van der Waals surface area (Å²) in [5, 5.41) is 3.12. The van der Waals surface area contributed by atoms with Gasteiger partial charge in [0.15, 0.2) is 0 Å². The molecule has 0 aliphatic rings. The van der Waals surface area contributed by atoms with Crippen LogP contribution in [0.3, 0.4) is 0 Å². The maximum absolute atomic E-state index is 11.8. The Morgan fingerprint density at radius 3 is 2.55 bits per heavy atom. The van der Waals surface area contributed by atoms with Crippen molar-refractivity contribution in [2.24, 2.45) is 0 Å². The first kappa shape index (κ1) is 13.7. The lowest BCUT2D eigenvalue weighted by molar-refractivity contribution is 0.0602. The van der Waals surface area contributed by atoms with Crippen LogP contribution in [0.15, 0.2) is 42.5 Å². The highest BCUT2D eigenvalue weighted by Crippen LogP contribution is 2.32. The van der Waals surface area contributed by atoms with Crippen LogP contribution in [0.5, 0.6) is 5.75 Å². The number of anilines is 3. The number of hydrogen-bond donors (Lipinski definition) is 2. The second-order valence-electron chi connectivity index (χ2n) is 4.09. The highest BCUT2D eigenvalue weighted by atomic mass is 16.5. The maximum atomic E-state index is 11.8. The molecule has 0 heterocycles. The number of carbonyl (C=O) groups excluding carboxylic acids is 1. The first-order valence-corrected chi connectivity index (χ1v) is 6.04. The molecule has 5 nitrogen and oxygen atoms in total. The van der Waals surface area contributed by atoms with Gasteiger partial charge >= 0.3 is 5.97 Å². The lowest BCUT2D eigenvalue weighted by Gasteiger charge is -2.15. The number of nitrogen functional groups attached to an aromatic ring is 1. The normalized spacial score (nSPS) is 9.90. The predicted molar refractivity (Wildman–Crippen MR) is 78.5 cm³/mol. The largest absolute Gasteiger partial charge is 0.495 e. The average Bonchev–Trinajstić information content (AvgIpc) is 2.49. The maximum Gasteiger partial charge on any atom is 0.340 e. The number of esters is 1. The standard InChI is InChI=1S/C15H16N2O3/c1-19-13-9-4-3-8-12(13)17-14-10(15(18)20-2)6-5-7-11(14)16/h3-9,17H,16H2,1-2H3. The highest BCUT2D eigenvalue weighted by Gasteiger charge is 2.15. The van der Waals surface area contributed by atoms with E-state index in [0.29, 0.717) is 22.7 Å². The average molecular weight is 272 g/mol. The molecule has 104 valence electrons. The molecule has 0 aliphatic heterocycles. The van der Waals surface area contributed by atoms with Crippen LogP contribution in [0.2, 0.25) is 0 Å². The summed E-state index contributed by atoms with van der Waals surface area (Å²) in [6.45, 7) is 0. The molecule has 0 fully saturated rings. The van der Waals surface area contributed by atoms with Crippen molar-refractivity contribution in [3.63, 3.8) is 0 Å². The Bertz CT molecular complexity index is 626. The van der Waals surface area contributed by atoms with E-state index >= 15 is 0 Å². The lowest BCUT2D eigenvalue weighted by Crippen LogP contribution is -2.08. The molecular weight excluding hydrogens is 256 g/mol. The van der Waals surface area contributed by atoms with E-state index in [2.05, 4.69) is 5.32 Å². The Kier molecular flexibility index (Phi) is 4.10. The predicted octanol–water partition coefficient (Wildman–Crippen LogP) is 2.81. The smallest absolute Gasteiger partial charge is 0.340 e. The molecule has 5 heteroatoms. The van der Waals surface area contributed by atoms with Crippen molar-refractivity contribution in [3.8, 4) is 5.75 Å². The summed E-state index contributed by atoms with van der Waals surface area (Å²) in [5.74, 6) is 0.210. The van der Waals surface area contributed by atoms with Gasteiger partial charge in [-0.3, -0.25) is 0 Å². The molecule has 0 aliphatic carbocycles. The van der Waals surface area contributed by atoms with Crippen molar-refractivity contribution in [1.82, 2.24) is 0 Å². The van der Waals surface area contributed by atoms with Crippen molar-refractivity contribution >= 4 is 23.0 Å². The van der Waals surface area contributed by atoms with E-state index in [1.54, 1.807) is 25.3 Å². The van der Waals surface area contributed by atoms with Crippen molar-refractivity contribution in [1.29, 1.82) is 0 Å². The van der Waals surface area contributed by atoms with Crippen LogP contribution in [-0.4, -0.2) is 20.2 Å². The number of ether oxygens (including phenoxy) is 2. The molecular formula is C15H16N2O3. The van der Waals surface area contributed by atoms with Crippen molar-refractivity contribution < 1.29 is 14.3 Å². The summed E-state index contributed by atoms with van der Waals surface area (Å²) in [4.78, 5) is 11.8. The Morgan fingerprint density at radius 2 is 1.85 bits per heavy atom. The molecule has 0 radical (unpaired) electrons. The monoisotopic (exact) mass is 272 g/mol. The molecule has 2 aromatic rings. The number of para-hydroxylation sites is 3. The SMILES string of the molecule is COC(=O)c1cccc(N)c1Nc1ccccc1OC. The van der Waals surface area contributed by atoms with Gasteiger partial charge < -0.3 is 20.5 Å². The second kappa shape index (κ2) is 5.97. The molecule has 0 saturated heterocycles. The van der Waals surface area contributed by atoms with Gasteiger partial charge in [-0.15, -0.1) is 0 Å². The Morgan fingerprint density at radius 1 is 1.10 bits per heavy atom. The fourth-order valence-electron chi connectivity index (χ4n) is 1.87. The number of carbonyl (C=O) groups is 1. The first-order valence-electron chi connectivity index (χ1n) is 6.04. The number of hydrogen-bond acceptors (Lipinski definition) is 5. The van der Waals surface area contributed by atoms with Crippen LogP contribution < -0.4 is 15.8 Å². The number of methoxy groups -OCH3 is 2. The van der Waals surface area contributed by atoms with Crippen molar-refractivity contribution in [2.45, 2.75) is 0 Å². The van der Waals surface area contributed by atoms with Crippen LogP contribution in [-0.2, 0) is 4.74 Å². The van der Waals surface area contributed by atoms with Crippen molar-refractivity contribution in [3.05, 3.63) is 48.0 Å². The van der Waals surface area contributed by atoms with Gasteiger partial charge in [-0.25, -0.2) is 4.79 Å². The summed E-state index contributed by atoms with van der Waals surface area (Å²) < 4.78 is 10.0. The van der Waals surface area contributed by atoms with Crippen LogP contribution >= 0.6 is 0 Å². The summed E-state index contributed by atoms with van der Waals surface area (Å²) in [5.41, 5.74) is 8.00. The van der Waals surface area contributed by atoms with Gasteiger partial charge in [0, 0.05) is 0 Å². The summed E-state index contributed by atoms with van der Waals surface area (Å²) >= 11 is 0. The van der Waals surface area contributed by atoms with E-state index in [0.717, 1.165) is 5.69 Å². The molecule has 0 amide bonds. The molecule has 2 rings (SSSR count). The number of nitrogens with one attached hydrogen (secondary N) is 1. The zero-order valence-corrected chi connectivity index (χ0v) is 11.3. The van der Waals surface area contributed by atoms with E-state index in [4.69, 9.17) is 15.2 Å². The Labute approximate surface area is 117 Å². The highest BCUT2D eigenvalue weighted by molar-refractivity contribution is 6.00. The van der Waals surface area contributed by atoms with Crippen LogP contribution in [0.1, 0.15) is 10.4 Å². The quantitative estimate of drug-likeness (QED) is 0.661. The topological polar surface area (TPSA) is 73.6 Å². The third-order valence-corrected chi connectivity index (χ3v) is 2.87. The molecule has 0 unspecified atom stereocenters. The minimum atomic E-state index is -0.449. The summed E-state index contributed by atoms with van der Waals surface area (Å²) in [7, 11) is 2.91. The van der Waals surface area contributed by atoms with Gasteiger partial charge in [0.05, 0.1) is 36.8 Å². The van der Waals surface area contributed by atoms with Crippen molar-refractivity contribution in [2.75, 3.05) is 25.3 Å². The van der Waals surface area contributed by atoms with Gasteiger partial charge in [-0.1, -0.05) is 18.2 Å². The van der Waals surface area contributed by atoms with E-state index in [1.165, 1.54) is 7.11 Å². The van der Waals surface area contributed by atoms with E-state index in [9.17, 15) is 4.79 Å². The minimum Gasteiger partial charge on any atom is -0.495 e. The second-order valence-corrected chi connectivity index (χ2v) is 4.09. The Balaban J connectivity index is 2.45. The number of benzene rings is 2. The van der Waals surface area contributed by atoms with Gasteiger partial charge in [0.2, 0.25) is 0 Å². The zero-order valence-electron chi connectivity index (χ0n) is 11.3. The van der Waals surface area contributed by atoms with E-state index in [1.807, 2.05) is 24.3 Å². The zero-order chi connectivity index (χ0) is 14.5. The van der Waals surface area contributed by atoms with Crippen LogP contribution in [0, 0.1) is 0 Å². The molecule has 2 aromatic carbocycles. The van der Waals surface area contributed by atoms with Gasteiger partial charge in [0.25, 0.3) is 0 Å². The van der Waals surface area contributed by atoms with Gasteiger partial charge in [-0.05, 0) is 24.3 Å². The molecule has 0 aromatic heterocycles. The lowest BCUT2D eigenvalue weighted by atomic mass is 10.1. The molecule has 0 bridgehead atoms. The molecule has 0 atom stereocenters. The Hall–Kier alpha value is -2.69. The fraction of sp³-hybridized carbons (Fsp3) is 0.133. The number of rotatable bonds is 4. The molecule has 3 N–H and O–H groups in total. The summed E-state index contributed by atoms with van der Waals surface area (Å²) in [6.07, 6.45) is 0. The minimum absolute atomic E-state index is 0.374. The third kappa shape index (κ3) is 2.66. The van der Waals surface area contributed by atoms with Gasteiger partial charge in [0.1, 0.15) is 5.75 Å². The summed E-state index contributed by atoms with van der Waals surface area (Å²) in [6, 6.07) is 12.5. The molecule has 0 spiro atoms. The fourth-order valence-corrected chi connectivity index (χ4v) is 1.87. The van der Waals surface area contributed by atoms with Gasteiger partial charge in [-0.2, -0.15) is 0 Å².